The van der Waals surface area contributed by atoms with Crippen molar-refractivity contribution in [1.29, 1.82) is 0 Å². The Morgan fingerprint density at radius 1 is 1.03 bits per heavy atom. The summed E-state index contributed by atoms with van der Waals surface area (Å²) in [7, 11) is 0. The summed E-state index contributed by atoms with van der Waals surface area (Å²) in [5.74, 6) is 2.18. The van der Waals surface area contributed by atoms with Crippen molar-refractivity contribution in [3.05, 3.63) is 88.1 Å². The molecule has 7 nitrogen and oxygen atoms in total. The number of nitrogens with zero attached hydrogens (tertiary/aromatic N) is 2. The zero-order valence-corrected chi connectivity index (χ0v) is 22.8. The fourth-order valence-corrected chi connectivity index (χ4v) is 7.37. The van der Waals surface area contributed by atoms with Crippen LogP contribution in [-0.4, -0.2) is 35.3 Å². The minimum atomic E-state index is -0.272. The molecule has 0 radical (unpaired) electrons. The smallest absolute Gasteiger partial charge is 0.322 e. The lowest BCUT2D eigenvalue weighted by Crippen LogP contribution is -2.38. The quantitative estimate of drug-likeness (QED) is 0.311. The minimum Gasteiger partial charge on any atom is -0.494 e. The number of nitrogens with one attached hydrogen (secondary N) is 1. The van der Waals surface area contributed by atoms with E-state index in [0.29, 0.717) is 43.6 Å². The maximum Gasteiger partial charge on any atom is 0.322 e. The van der Waals surface area contributed by atoms with Crippen molar-refractivity contribution in [2.24, 2.45) is 0 Å². The molecule has 0 unspecified atom stereocenters. The van der Waals surface area contributed by atoms with Crippen molar-refractivity contribution >= 4 is 23.1 Å². The number of carbonyl (C=O) groups is 1. The first-order valence-corrected chi connectivity index (χ1v) is 14.5. The van der Waals surface area contributed by atoms with Gasteiger partial charge < -0.3 is 29.0 Å². The largest absolute Gasteiger partial charge is 0.494 e. The number of urea groups is 1. The van der Waals surface area contributed by atoms with Gasteiger partial charge in [0, 0.05) is 28.4 Å². The molecule has 4 heterocycles. The van der Waals surface area contributed by atoms with Gasteiger partial charge >= 0.3 is 6.03 Å². The standard InChI is InChI=1S/C31H31N3O4S/c1-2-36-22-12-9-20(10-13-22)29-25-7-5-15-33(25)30-24(23-6-3-4-8-28(23)39-30)19-34(29)31(35)32-21-11-14-26-27(18-21)38-17-16-37-26/h5,7,9-15,18,29H,2-4,6,8,16-17,19H2,1H3,(H,32,35)/t29-/m0/s1. The fourth-order valence-electron chi connectivity index (χ4n) is 5.97. The molecule has 2 aromatic heterocycles. The molecule has 0 saturated carbocycles. The number of aromatic nitrogens is 1. The molecule has 0 bridgehead atoms. The number of ether oxygens (including phenoxy) is 3. The molecule has 0 saturated heterocycles. The summed E-state index contributed by atoms with van der Waals surface area (Å²) < 4.78 is 19.4. The summed E-state index contributed by atoms with van der Waals surface area (Å²) in [4.78, 5) is 17.6. The summed E-state index contributed by atoms with van der Waals surface area (Å²) in [6.45, 7) is 4.16. The average molecular weight is 542 g/mol. The van der Waals surface area contributed by atoms with Crippen LogP contribution in [0.4, 0.5) is 10.5 Å². The van der Waals surface area contributed by atoms with Crippen molar-refractivity contribution < 1.29 is 19.0 Å². The number of hydrogen-bond acceptors (Lipinski definition) is 5. The number of benzene rings is 2. The van der Waals surface area contributed by atoms with Gasteiger partial charge in [-0.1, -0.05) is 12.1 Å². The molecule has 2 aromatic carbocycles. The van der Waals surface area contributed by atoms with E-state index in [2.05, 4.69) is 40.3 Å². The Balaban J connectivity index is 1.31. The highest BCUT2D eigenvalue weighted by atomic mass is 32.1. The second-order valence-corrected chi connectivity index (χ2v) is 11.2. The zero-order chi connectivity index (χ0) is 26.3. The van der Waals surface area contributed by atoms with E-state index in [1.165, 1.54) is 33.8 Å². The Hall–Kier alpha value is -3.91. The first kappa shape index (κ1) is 24.2. The van der Waals surface area contributed by atoms with Gasteiger partial charge in [0.05, 0.1) is 24.9 Å². The van der Waals surface area contributed by atoms with Gasteiger partial charge in [-0.25, -0.2) is 4.79 Å². The van der Waals surface area contributed by atoms with Gasteiger partial charge in [0.25, 0.3) is 0 Å². The Morgan fingerprint density at radius 3 is 2.69 bits per heavy atom. The number of fused-ring (bicyclic) bond motifs is 6. The van der Waals surface area contributed by atoms with E-state index < -0.39 is 0 Å². The first-order valence-electron chi connectivity index (χ1n) is 13.7. The van der Waals surface area contributed by atoms with Crippen LogP contribution < -0.4 is 19.5 Å². The molecular formula is C31H31N3O4S. The fraction of sp³-hybridized carbons (Fsp3) is 0.323. The summed E-state index contributed by atoms with van der Waals surface area (Å²) in [5, 5.41) is 4.41. The molecule has 200 valence electrons. The van der Waals surface area contributed by atoms with Crippen molar-refractivity contribution in [3.8, 4) is 22.2 Å². The van der Waals surface area contributed by atoms with E-state index >= 15 is 0 Å². The Kier molecular flexibility index (Phi) is 6.19. The summed E-state index contributed by atoms with van der Waals surface area (Å²) in [5.41, 5.74) is 5.51. The highest BCUT2D eigenvalue weighted by Gasteiger charge is 2.36. The van der Waals surface area contributed by atoms with Gasteiger partial charge in [-0.15, -0.1) is 11.3 Å². The maximum absolute atomic E-state index is 14.2. The molecule has 1 atom stereocenters. The van der Waals surface area contributed by atoms with Crippen molar-refractivity contribution in [1.82, 2.24) is 9.47 Å². The number of amides is 2. The molecule has 2 amide bonds. The summed E-state index contributed by atoms with van der Waals surface area (Å²) in [6.07, 6.45) is 6.76. The van der Waals surface area contributed by atoms with Crippen LogP contribution in [0.1, 0.15) is 53.1 Å². The number of anilines is 1. The van der Waals surface area contributed by atoms with Gasteiger partial charge in [0.15, 0.2) is 11.5 Å². The van der Waals surface area contributed by atoms with Crippen LogP contribution in [0.5, 0.6) is 17.2 Å². The van der Waals surface area contributed by atoms with Gasteiger partial charge in [-0.3, -0.25) is 0 Å². The van der Waals surface area contributed by atoms with Gasteiger partial charge in [0.1, 0.15) is 24.0 Å². The van der Waals surface area contributed by atoms with E-state index in [1.54, 1.807) is 0 Å². The molecule has 2 aliphatic heterocycles. The van der Waals surface area contributed by atoms with E-state index in [4.69, 9.17) is 14.2 Å². The second kappa shape index (κ2) is 10.0. The van der Waals surface area contributed by atoms with Crippen molar-refractivity contribution in [3.63, 3.8) is 0 Å². The highest BCUT2D eigenvalue weighted by Crippen LogP contribution is 2.44. The number of hydrogen-bond donors (Lipinski definition) is 1. The first-order chi connectivity index (χ1) is 19.2. The van der Waals surface area contributed by atoms with Crippen LogP contribution in [0.3, 0.4) is 0 Å². The SMILES string of the molecule is CCOc1ccc([C@H]2c3cccn3-c3sc4c(c3CN2C(=O)Nc2ccc3c(c2)OCCO3)CCCC4)cc1. The number of thiophene rings is 1. The van der Waals surface area contributed by atoms with E-state index in [9.17, 15) is 4.79 Å². The minimum absolute atomic E-state index is 0.151. The Bertz CT molecular complexity index is 1520. The number of aryl methyl sites for hydroxylation is 1. The normalized spacial score (nSPS) is 17.5. The Labute approximate surface area is 231 Å². The average Bonchev–Trinajstić information content (AvgIpc) is 3.55. The lowest BCUT2D eigenvalue weighted by atomic mass is 9.95. The molecule has 0 spiro atoms. The van der Waals surface area contributed by atoms with Crippen LogP contribution in [0, 0.1) is 0 Å². The molecule has 39 heavy (non-hydrogen) atoms. The van der Waals surface area contributed by atoms with Crippen LogP contribution in [0.2, 0.25) is 0 Å². The molecule has 7 rings (SSSR count). The molecule has 8 heteroatoms. The van der Waals surface area contributed by atoms with E-state index in [0.717, 1.165) is 29.8 Å². The third-order valence-corrected chi connectivity index (χ3v) is 9.07. The summed E-state index contributed by atoms with van der Waals surface area (Å²) in [6, 6.07) is 17.5. The van der Waals surface area contributed by atoms with Crippen LogP contribution in [0.25, 0.3) is 5.00 Å². The third kappa shape index (κ3) is 4.33. The predicted octanol–water partition coefficient (Wildman–Crippen LogP) is 6.72. The molecule has 4 aromatic rings. The lowest BCUT2D eigenvalue weighted by Gasteiger charge is -2.31. The van der Waals surface area contributed by atoms with Gasteiger partial charge in [0.2, 0.25) is 0 Å². The number of rotatable bonds is 4. The van der Waals surface area contributed by atoms with Crippen molar-refractivity contribution in [2.75, 3.05) is 25.1 Å². The Morgan fingerprint density at radius 2 is 1.85 bits per heavy atom. The summed E-state index contributed by atoms with van der Waals surface area (Å²) >= 11 is 1.89. The van der Waals surface area contributed by atoms with E-state index in [1.807, 2.05) is 53.5 Å². The second-order valence-electron chi connectivity index (χ2n) is 10.1. The highest BCUT2D eigenvalue weighted by molar-refractivity contribution is 7.15. The number of carbonyl (C=O) groups excluding carboxylic acids is 1. The topological polar surface area (TPSA) is 65.0 Å². The lowest BCUT2D eigenvalue weighted by molar-refractivity contribution is 0.171. The third-order valence-electron chi connectivity index (χ3n) is 7.74. The molecule has 1 N–H and O–H groups in total. The monoisotopic (exact) mass is 541 g/mol. The van der Waals surface area contributed by atoms with Gasteiger partial charge in [-0.2, -0.15) is 0 Å². The predicted molar refractivity (Wildman–Crippen MR) is 152 cm³/mol. The van der Waals surface area contributed by atoms with Crippen LogP contribution in [-0.2, 0) is 19.4 Å². The van der Waals surface area contributed by atoms with Crippen LogP contribution >= 0.6 is 11.3 Å². The molecule has 3 aliphatic rings. The molecule has 1 aliphatic carbocycles. The van der Waals surface area contributed by atoms with Crippen molar-refractivity contribution in [2.45, 2.75) is 45.2 Å². The maximum atomic E-state index is 14.2. The molecular weight excluding hydrogens is 510 g/mol. The zero-order valence-electron chi connectivity index (χ0n) is 21.9. The van der Waals surface area contributed by atoms with Gasteiger partial charge in [-0.05, 0) is 80.1 Å². The molecule has 0 fully saturated rings. The van der Waals surface area contributed by atoms with E-state index in [-0.39, 0.29) is 12.1 Å². The van der Waals surface area contributed by atoms with Crippen LogP contribution in [0.15, 0.2) is 60.8 Å².